The number of amides is 1. The highest BCUT2D eigenvalue weighted by molar-refractivity contribution is 5.92. The molecule has 0 aliphatic carbocycles. The highest BCUT2D eigenvalue weighted by Crippen LogP contribution is 2.34. The summed E-state index contributed by atoms with van der Waals surface area (Å²) < 4.78 is 16.0. The van der Waals surface area contributed by atoms with E-state index in [2.05, 4.69) is 15.1 Å². The van der Waals surface area contributed by atoms with Crippen molar-refractivity contribution in [2.75, 3.05) is 44.8 Å². The number of nitrogens with one attached hydrogen (secondary N) is 1. The maximum Gasteiger partial charge on any atom is 0.238 e. The lowest BCUT2D eigenvalue weighted by atomic mass is 10.2. The zero-order valence-electron chi connectivity index (χ0n) is 13.9. The Morgan fingerprint density at radius 3 is 2.64 bits per heavy atom. The topological polar surface area (TPSA) is 67.2 Å². The van der Waals surface area contributed by atoms with Crippen LogP contribution in [-0.2, 0) is 11.3 Å². The van der Waals surface area contributed by atoms with E-state index in [9.17, 15) is 4.79 Å². The van der Waals surface area contributed by atoms with Crippen LogP contribution in [0.15, 0.2) is 41.0 Å². The molecule has 0 radical (unpaired) electrons. The van der Waals surface area contributed by atoms with Crippen LogP contribution in [0.3, 0.4) is 0 Å². The van der Waals surface area contributed by atoms with E-state index in [1.165, 1.54) is 0 Å². The molecule has 1 aromatic carbocycles. The van der Waals surface area contributed by atoms with Gasteiger partial charge in [-0.05, 0) is 24.3 Å². The number of carbonyl (C=O) groups excluding carboxylic acids is 1. The Labute approximate surface area is 146 Å². The van der Waals surface area contributed by atoms with Crippen LogP contribution < -0.4 is 14.8 Å². The molecule has 7 nitrogen and oxygen atoms in total. The van der Waals surface area contributed by atoms with Crippen LogP contribution in [0, 0.1) is 0 Å². The average molecular weight is 343 g/mol. The molecule has 2 aliphatic heterocycles. The van der Waals surface area contributed by atoms with Gasteiger partial charge in [-0.2, -0.15) is 0 Å². The van der Waals surface area contributed by atoms with Crippen LogP contribution in [0.25, 0.3) is 0 Å². The number of fused-ring (bicyclic) bond motifs is 1. The molecule has 0 unspecified atom stereocenters. The predicted octanol–water partition coefficient (Wildman–Crippen LogP) is 1.76. The molecule has 1 amide bonds. The van der Waals surface area contributed by atoms with Crippen molar-refractivity contribution < 1.29 is 18.7 Å². The molecule has 1 N–H and O–H groups in total. The number of carbonyl (C=O) groups is 1. The molecule has 0 saturated carbocycles. The molecule has 1 fully saturated rings. The largest absolute Gasteiger partial charge is 0.468 e. The number of anilines is 1. The van der Waals surface area contributed by atoms with Gasteiger partial charge >= 0.3 is 0 Å². The molecule has 2 aliphatic rings. The predicted molar refractivity (Wildman–Crippen MR) is 91.6 cm³/mol. The van der Waals surface area contributed by atoms with E-state index < -0.39 is 0 Å². The van der Waals surface area contributed by atoms with E-state index in [0.717, 1.165) is 44.2 Å². The minimum absolute atomic E-state index is 0.0154. The van der Waals surface area contributed by atoms with Gasteiger partial charge in [-0.3, -0.25) is 14.6 Å². The molecule has 7 heteroatoms. The summed E-state index contributed by atoms with van der Waals surface area (Å²) in [5.41, 5.74) is 0.728. The number of rotatable bonds is 5. The average Bonchev–Trinajstić information content (AvgIpc) is 3.27. The Balaban J connectivity index is 1.23. The lowest BCUT2D eigenvalue weighted by Gasteiger charge is -2.33. The summed E-state index contributed by atoms with van der Waals surface area (Å²) in [5, 5.41) is 2.92. The number of furan rings is 1. The van der Waals surface area contributed by atoms with Crippen molar-refractivity contribution in [3.63, 3.8) is 0 Å². The summed E-state index contributed by atoms with van der Waals surface area (Å²) in [5.74, 6) is 2.35. The van der Waals surface area contributed by atoms with Gasteiger partial charge in [0.1, 0.15) is 5.76 Å². The standard InChI is InChI=1S/C18H21N3O4/c22-18(19-14-3-4-16-17(10-14)25-13-24-16)12-21-7-5-20(6-8-21)11-15-2-1-9-23-15/h1-4,9-10H,5-8,11-13H2,(H,19,22). The van der Waals surface area contributed by atoms with E-state index in [1.54, 1.807) is 12.3 Å². The second kappa shape index (κ2) is 7.16. The van der Waals surface area contributed by atoms with Gasteiger partial charge in [-0.1, -0.05) is 0 Å². The summed E-state index contributed by atoms with van der Waals surface area (Å²) in [6.07, 6.45) is 1.70. The fourth-order valence-electron chi connectivity index (χ4n) is 3.11. The second-order valence-corrected chi connectivity index (χ2v) is 6.25. The summed E-state index contributed by atoms with van der Waals surface area (Å²) >= 11 is 0. The molecule has 0 atom stereocenters. The number of hydrogen-bond acceptors (Lipinski definition) is 6. The van der Waals surface area contributed by atoms with E-state index in [4.69, 9.17) is 13.9 Å². The van der Waals surface area contributed by atoms with Gasteiger partial charge in [-0.25, -0.2) is 0 Å². The number of nitrogens with zero attached hydrogens (tertiary/aromatic N) is 2. The van der Waals surface area contributed by atoms with Crippen molar-refractivity contribution in [1.82, 2.24) is 9.80 Å². The van der Waals surface area contributed by atoms with Gasteiger partial charge in [0, 0.05) is 37.9 Å². The van der Waals surface area contributed by atoms with Gasteiger partial charge < -0.3 is 19.2 Å². The molecule has 1 saturated heterocycles. The molecule has 0 bridgehead atoms. The van der Waals surface area contributed by atoms with Crippen LogP contribution in [0.4, 0.5) is 5.69 Å². The summed E-state index contributed by atoms with van der Waals surface area (Å²) in [6, 6.07) is 9.33. The van der Waals surface area contributed by atoms with Crippen LogP contribution in [0.2, 0.25) is 0 Å². The Bertz CT molecular complexity index is 724. The van der Waals surface area contributed by atoms with E-state index >= 15 is 0 Å². The van der Waals surface area contributed by atoms with Crippen molar-refractivity contribution in [3.8, 4) is 11.5 Å². The first-order valence-corrected chi connectivity index (χ1v) is 8.43. The molecule has 1 aromatic heterocycles. The number of hydrogen-bond donors (Lipinski definition) is 1. The number of ether oxygens (including phenoxy) is 2. The highest BCUT2D eigenvalue weighted by atomic mass is 16.7. The fourth-order valence-corrected chi connectivity index (χ4v) is 3.11. The third-order valence-electron chi connectivity index (χ3n) is 4.45. The fraction of sp³-hybridized carbons (Fsp3) is 0.389. The van der Waals surface area contributed by atoms with Crippen LogP contribution in [-0.4, -0.2) is 55.2 Å². The van der Waals surface area contributed by atoms with E-state index in [0.29, 0.717) is 18.0 Å². The maximum absolute atomic E-state index is 12.3. The molecule has 3 heterocycles. The minimum atomic E-state index is -0.0154. The lowest BCUT2D eigenvalue weighted by molar-refractivity contribution is -0.117. The number of piperazine rings is 1. The molecule has 0 spiro atoms. The maximum atomic E-state index is 12.3. The molecule has 4 rings (SSSR count). The van der Waals surface area contributed by atoms with Crippen LogP contribution in [0.1, 0.15) is 5.76 Å². The SMILES string of the molecule is O=C(CN1CCN(Cc2ccco2)CC1)Nc1ccc2c(c1)OCO2. The van der Waals surface area contributed by atoms with Crippen molar-refractivity contribution >= 4 is 11.6 Å². The first kappa shape index (κ1) is 16.0. The molecule has 2 aromatic rings. The Morgan fingerprint density at radius 2 is 1.84 bits per heavy atom. The van der Waals surface area contributed by atoms with Crippen LogP contribution >= 0.6 is 0 Å². The second-order valence-electron chi connectivity index (χ2n) is 6.25. The van der Waals surface area contributed by atoms with Crippen LogP contribution in [0.5, 0.6) is 11.5 Å². The first-order valence-electron chi connectivity index (χ1n) is 8.43. The zero-order valence-corrected chi connectivity index (χ0v) is 13.9. The smallest absolute Gasteiger partial charge is 0.238 e. The lowest BCUT2D eigenvalue weighted by Crippen LogP contribution is -2.48. The van der Waals surface area contributed by atoms with Crippen molar-refractivity contribution in [2.24, 2.45) is 0 Å². The third kappa shape index (κ3) is 3.94. The molecular weight excluding hydrogens is 322 g/mol. The van der Waals surface area contributed by atoms with Crippen molar-refractivity contribution in [3.05, 3.63) is 42.4 Å². The van der Waals surface area contributed by atoms with Crippen molar-refractivity contribution in [2.45, 2.75) is 6.54 Å². The van der Waals surface area contributed by atoms with E-state index in [1.807, 2.05) is 24.3 Å². The molecule has 132 valence electrons. The van der Waals surface area contributed by atoms with Gasteiger partial charge in [0.2, 0.25) is 12.7 Å². The normalized spacial score (nSPS) is 17.6. The Hall–Kier alpha value is -2.51. The van der Waals surface area contributed by atoms with Gasteiger partial charge in [-0.15, -0.1) is 0 Å². The van der Waals surface area contributed by atoms with Gasteiger partial charge in [0.15, 0.2) is 11.5 Å². The van der Waals surface area contributed by atoms with Gasteiger partial charge in [0.05, 0.1) is 19.4 Å². The zero-order chi connectivity index (χ0) is 17.1. The summed E-state index contributed by atoms with van der Waals surface area (Å²) in [6.45, 7) is 5.04. The number of benzene rings is 1. The quantitative estimate of drug-likeness (QED) is 0.892. The molecule has 25 heavy (non-hydrogen) atoms. The highest BCUT2D eigenvalue weighted by Gasteiger charge is 2.20. The third-order valence-corrected chi connectivity index (χ3v) is 4.45. The van der Waals surface area contributed by atoms with Crippen molar-refractivity contribution in [1.29, 1.82) is 0 Å². The molecular formula is C18H21N3O4. The monoisotopic (exact) mass is 343 g/mol. The minimum Gasteiger partial charge on any atom is -0.468 e. The van der Waals surface area contributed by atoms with E-state index in [-0.39, 0.29) is 12.7 Å². The Kier molecular flexibility index (Phi) is 4.58. The summed E-state index contributed by atoms with van der Waals surface area (Å²) in [7, 11) is 0. The summed E-state index contributed by atoms with van der Waals surface area (Å²) in [4.78, 5) is 16.8. The Morgan fingerprint density at radius 1 is 1.04 bits per heavy atom. The van der Waals surface area contributed by atoms with Gasteiger partial charge in [0.25, 0.3) is 0 Å². The first-order chi connectivity index (χ1) is 12.3.